The summed E-state index contributed by atoms with van der Waals surface area (Å²) in [5.74, 6) is 0. The van der Waals surface area contributed by atoms with Crippen LogP contribution in [0.3, 0.4) is 0 Å². The standard InChI is InChI=1S/C17H18N4O2S/c1-21-8-2-3-12-4-6-15(10-17(12)21)24(22,23)20-14-5-7-16-13(9-14)11-18-19-16/h4-7,9-11,20H,2-3,8H2,1H3,(H,18,19). The summed E-state index contributed by atoms with van der Waals surface area (Å²) in [7, 11) is -1.63. The zero-order valence-electron chi connectivity index (χ0n) is 13.3. The fraction of sp³-hybridized carbons (Fsp3) is 0.235. The summed E-state index contributed by atoms with van der Waals surface area (Å²) in [6.07, 6.45) is 3.75. The van der Waals surface area contributed by atoms with Crippen molar-refractivity contribution in [2.24, 2.45) is 0 Å². The van der Waals surface area contributed by atoms with Crippen molar-refractivity contribution in [3.8, 4) is 0 Å². The van der Waals surface area contributed by atoms with E-state index < -0.39 is 10.0 Å². The van der Waals surface area contributed by atoms with Gasteiger partial charge in [0.25, 0.3) is 10.0 Å². The minimum atomic E-state index is -3.63. The third-order valence-corrected chi connectivity index (χ3v) is 5.79. The summed E-state index contributed by atoms with van der Waals surface area (Å²) in [4.78, 5) is 2.39. The number of hydrogen-bond acceptors (Lipinski definition) is 4. The van der Waals surface area contributed by atoms with Crippen LogP contribution in [0.25, 0.3) is 10.9 Å². The van der Waals surface area contributed by atoms with Crippen LogP contribution in [0.5, 0.6) is 0 Å². The van der Waals surface area contributed by atoms with E-state index in [9.17, 15) is 8.42 Å². The molecule has 0 fully saturated rings. The summed E-state index contributed by atoms with van der Waals surface area (Å²) in [6.45, 7) is 0.946. The summed E-state index contributed by atoms with van der Waals surface area (Å²) in [5.41, 5.74) is 3.58. The topological polar surface area (TPSA) is 78.1 Å². The second-order valence-corrected chi connectivity index (χ2v) is 7.78. The molecule has 0 amide bonds. The van der Waals surface area contributed by atoms with Gasteiger partial charge in [0.05, 0.1) is 16.6 Å². The van der Waals surface area contributed by atoms with E-state index in [4.69, 9.17) is 0 Å². The van der Waals surface area contributed by atoms with Gasteiger partial charge >= 0.3 is 0 Å². The number of sulfonamides is 1. The van der Waals surface area contributed by atoms with Gasteiger partial charge < -0.3 is 4.90 Å². The van der Waals surface area contributed by atoms with Crippen LogP contribution in [0.2, 0.25) is 0 Å². The lowest BCUT2D eigenvalue weighted by atomic mass is 10.0. The highest BCUT2D eigenvalue weighted by atomic mass is 32.2. The van der Waals surface area contributed by atoms with Crippen LogP contribution < -0.4 is 9.62 Å². The van der Waals surface area contributed by atoms with Gasteiger partial charge in [0.15, 0.2) is 0 Å². The van der Waals surface area contributed by atoms with Crippen molar-refractivity contribution in [1.82, 2.24) is 10.2 Å². The maximum atomic E-state index is 12.7. The molecule has 0 saturated heterocycles. The molecule has 0 bridgehead atoms. The molecule has 0 aliphatic carbocycles. The zero-order valence-corrected chi connectivity index (χ0v) is 14.1. The Morgan fingerprint density at radius 1 is 1.21 bits per heavy atom. The van der Waals surface area contributed by atoms with Gasteiger partial charge in [0.1, 0.15) is 0 Å². The first-order valence-corrected chi connectivity index (χ1v) is 9.31. The first-order valence-electron chi connectivity index (χ1n) is 7.83. The summed E-state index contributed by atoms with van der Waals surface area (Å²) in [6, 6.07) is 10.6. The number of anilines is 2. The maximum absolute atomic E-state index is 12.7. The Morgan fingerprint density at radius 2 is 2.08 bits per heavy atom. The number of H-pyrrole nitrogens is 1. The molecule has 0 saturated carbocycles. The maximum Gasteiger partial charge on any atom is 0.261 e. The molecule has 0 radical (unpaired) electrons. The first-order chi connectivity index (χ1) is 11.5. The summed E-state index contributed by atoms with van der Waals surface area (Å²) >= 11 is 0. The predicted octanol–water partition coefficient (Wildman–Crippen LogP) is 2.75. The minimum absolute atomic E-state index is 0.280. The highest BCUT2D eigenvalue weighted by Crippen LogP contribution is 2.29. The monoisotopic (exact) mass is 342 g/mol. The van der Waals surface area contributed by atoms with Crippen molar-refractivity contribution in [1.29, 1.82) is 0 Å². The van der Waals surface area contributed by atoms with E-state index in [1.165, 1.54) is 5.56 Å². The van der Waals surface area contributed by atoms with E-state index in [1.807, 2.05) is 13.1 Å². The Hall–Kier alpha value is -2.54. The Balaban J connectivity index is 1.68. The van der Waals surface area contributed by atoms with Gasteiger partial charge in [0, 0.05) is 30.4 Å². The van der Waals surface area contributed by atoms with Crippen LogP contribution in [-0.4, -0.2) is 32.2 Å². The molecule has 1 aliphatic rings. The number of rotatable bonds is 3. The molecule has 6 nitrogen and oxygen atoms in total. The Morgan fingerprint density at radius 3 is 2.96 bits per heavy atom. The Bertz CT molecular complexity index is 1010. The van der Waals surface area contributed by atoms with Crippen LogP contribution in [0.1, 0.15) is 12.0 Å². The van der Waals surface area contributed by atoms with Gasteiger partial charge in [-0.1, -0.05) is 6.07 Å². The molecule has 2 heterocycles. The normalized spacial score (nSPS) is 14.6. The lowest BCUT2D eigenvalue weighted by Gasteiger charge is -2.27. The van der Waals surface area contributed by atoms with Crippen molar-refractivity contribution in [3.05, 3.63) is 48.2 Å². The molecular weight excluding hydrogens is 324 g/mol. The number of nitrogens with zero attached hydrogens (tertiary/aromatic N) is 2. The lowest BCUT2D eigenvalue weighted by molar-refractivity contribution is 0.601. The number of hydrogen-bond donors (Lipinski definition) is 2. The van der Waals surface area contributed by atoms with Gasteiger partial charge in [-0.3, -0.25) is 9.82 Å². The molecule has 7 heteroatoms. The second-order valence-electron chi connectivity index (χ2n) is 6.09. The summed E-state index contributed by atoms with van der Waals surface area (Å²) < 4.78 is 28.1. The third kappa shape index (κ3) is 2.60. The fourth-order valence-corrected chi connectivity index (χ4v) is 4.19. The molecule has 0 unspecified atom stereocenters. The molecule has 4 rings (SSSR count). The number of benzene rings is 2. The second kappa shape index (κ2) is 5.52. The number of aromatic amines is 1. The fourth-order valence-electron chi connectivity index (χ4n) is 3.12. The highest BCUT2D eigenvalue weighted by Gasteiger charge is 2.20. The van der Waals surface area contributed by atoms with Gasteiger partial charge in [0.2, 0.25) is 0 Å². The zero-order chi connectivity index (χ0) is 16.7. The molecule has 24 heavy (non-hydrogen) atoms. The molecule has 0 atom stereocenters. The van der Waals surface area contributed by atoms with E-state index in [2.05, 4.69) is 19.8 Å². The quantitative estimate of drug-likeness (QED) is 0.767. The van der Waals surface area contributed by atoms with E-state index in [0.29, 0.717) is 5.69 Å². The molecule has 124 valence electrons. The number of aryl methyl sites for hydroxylation is 1. The molecule has 1 aliphatic heterocycles. The Kier molecular flexibility index (Phi) is 3.45. The molecule has 1 aromatic heterocycles. The van der Waals surface area contributed by atoms with Crippen LogP contribution in [0.4, 0.5) is 11.4 Å². The van der Waals surface area contributed by atoms with Crippen molar-refractivity contribution in [2.75, 3.05) is 23.2 Å². The van der Waals surface area contributed by atoms with Crippen LogP contribution in [-0.2, 0) is 16.4 Å². The van der Waals surface area contributed by atoms with Crippen molar-refractivity contribution >= 4 is 32.3 Å². The highest BCUT2D eigenvalue weighted by molar-refractivity contribution is 7.92. The largest absolute Gasteiger partial charge is 0.374 e. The molecule has 2 aromatic carbocycles. The van der Waals surface area contributed by atoms with Crippen molar-refractivity contribution in [3.63, 3.8) is 0 Å². The molecule has 0 spiro atoms. The SMILES string of the molecule is CN1CCCc2ccc(S(=O)(=O)Nc3ccc4[nH]ncc4c3)cc21. The van der Waals surface area contributed by atoms with Gasteiger partial charge in [-0.15, -0.1) is 0 Å². The average Bonchev–Trinajstić information content (AvgIpc) is 3.02. The van der Waals surface area contributed by atoms with Crippen LogP contribution in [0.15, 0.2) is 47.5 Å². The average molecular weight is 342 g/mol. The smallest absolute Gasteiger partial charge is 0.261 e. The molecular formula is C17H18N4O2S. The first kappa shape index (κ1) is 15.0. The lowest BCUT2D eigenvalue weighted by Crippen LogP contribution is -2.25. The third-order valence-electron chi connectivity index (χ3n) is 4.41. The Labute approximate surface area is 140 Å². The number of aromatic nitrogens is 2. The van der Waals surface area contributed by atoms with E-state index in [0.717, 1.165) is 36.0 Å². The molecule has 2 N–H and O–H groups in total. The summed E-state index contributed by atoms with van der Waals surface area (Å²) in [5, 5.41) is 7.65. The predicted molar refractivity (Wildman–Crippen MR) is 94.9 cm³/mol. The van der Waals surface area contributed by atoms with Crippen molar-refractivity contribution < 1.29 is 8.42 Å². The van der Waals surface area contributed by atoms with Crippen LogP contribution >= 0.6 is 0 Å². The molecule has 3 aromatic rings. The van der Waals surface area contributed by atoms with Crippen LogP contribution in [0, 0.1) is 0 Å². The van der Waals surface area contributed by atoms with E-state index in [1.54, 1.807) is 36.5 Å². The minimum Gasteiger partial charge on any atom is -0.374 e. The van der Waals surface area contributed by atoms with Gasteiger partial charge in [-0.25, -0.2) is 8.42 Å². The van der Waals surface area contributed by atoms with Gasteiger partial charge in [-0.2, -0.15) is 5.10 Å². The van der Waals surface area contributed by atoms with E-state index >= 15 is 0 Å². The number of nitrogens with one attached hydrogen (secondary N) is 2. The van der Waals surface area contributed by atoms with Gasteiger partial charge in [-0.05, 0) is 48.7 Å². The van der Waals surface area contributed by atoms with Crippen molar-refractivity contribution in [2.45, 2.75) is 17.7 Å². The number of fused-ring (bicyclic) bond motifs is 2. The van der Waals surface area contributed by atoms with E-state index in [-0.39, 0.29) is 4.90 Å².